The first-order chi connectivity index (χ1) is 5.36. The van der Waals surface area contributed by atoms with E-state index in [1.54, 1.807) is 11.3 Å². The minimum atomic E-state index is 1.24. The molecule has 0 spiro atoms. The third-order valence-corrected chi connectivity index (χ3v) is 3.52. The molecule has 1 saturated heterocycles. The lowest BCUT2D eigenvalue weighted by Crippen LogP contribution is -2.16. The molecule has 0 atom stereocenters. The molecule has 0 N–H and O–H groups in total. The Labute approximate surface area is 79.2 Å². The first-order valence-corrected chi connectivity index (χ1v) is 5.52. The molecule has 60 valence electrons. The lowest BCUT2D eigenvalue weighted by Gasteiger charge is -2.14. The summed E-state index contributed by atoms with van der Waals surface area (Å²) in [5.41, 5.74) is 1.39. The Bertz CT molecular complexity index is 240. The van der Waals surface area contributed by atoms with Crippen molar-refractivity contribution in [3.8, 4) is 0 Å². The highest BCUT2D eigenvalue weighted by Crippen LogP contribution is 2.29. The van der Waals surface area contributed by atoms with E-state index in [1.165, 1.54) is 35.4 Å². The van der Waals surface area contributed by atoms with Crippen molar-refractivity contribution in [2.24, 2.45) is 0 Å². The molecule has 0 aliphatic carbocycles. The molecule has 2 heterocycles. The van der Waals surface area contributed by atoms with E-state index >= 15 is 0 Å². The molecule has 11 heavy (non-hydrogen) atoms. The van der Waals surface area contributed by atoms with E-state index in [9.17, 15) is 0 Å². The maximum absolute atomic E-state index is 3.47. The number of hydrogen-bond donors (Lipinski definition) is 0. The van der Waals surface area contributed by atoms with Gasteiger partial charge in [0.15, 0.2) is 0 Å². The summed E-state index contributed by atoms with van der Waals surface area (Å²) in [7, 11) is 0. The van der Waals surface area contributed by atoms with E-state index in [4.69, 9.17) is 0 Å². The molecule has 0 amide bonds. The van der Waals surface area contributed by atoms with Crippen molar-refractivity contribution in [1.82, 2.24) is 0 Å². The molecule has 0 saturated carbocycles. The average molecular weight is 232 g/mol. The zero-order valence-corrected chi connectivity index (χ0v) is 8.62. The Morgan fingerprint density at radius 3 is 2.64 bits per heavy atom. The highest BCUT2D eigenvalue weighted by Gasteiger charge is 2.12. The third-order valence-electron chi connectivity index (χ3n) is 2.02. The van der Waals surface area contributed by atoms with Crippen LogP contribution in [-0.4, -0.2) is 13.1 Å². The zero-order chi connectivity index (χ0) is 7.68. The van der Waals surface area contributed by atoms with Gasteiger partial charge in [0.2, 0.25) is 0 Å². The lowest BCUT2D eigenvalue weighted by atomic mass is 10.4. The maximum Gasteiger partial charge on any atom is 0.0719 e. The summed E-state index contributed by atoms with van der Waals surface area (Å²) in [6.07, 6.45) is 2.71. The fraction of sp³-hybridized carbons (Fsp3) is 0.500. The van der Waals surface area contributed by atoms with Gasteiger partial charge in [-0.15, -0.1) is 11.3 Å². The third kappa shape index (κ3) is 1.59. The van der Waals surface area contributed by atoms with Gasteiger partial charge >= 0.3 is 0 Å². The maximum atomic E-state index is 3.47. The Morgan fingerprint density at radius 2 is 2.09 bits per heavy atom. The Hall–Kier alpha value is -0.0200. The number of rotatable bonds is 1. The average Bonchev–Trinajstić information content (AvgIpc) is 2.55. The summed E-state index contributed by atoms with van der Waals surface area (Å²) < 4.78 is 1.24. The minimum Gasteiger partial charge on any atom is -0.371 e. The lowest BCUT2D eigenvalue weighted by molar-refractivity contribution is 0.949. The van der Waals surface area contributed by atoms with E-state index in [-0.39, 0.29) is 0 Å². The van der Waals surface area contributed by atoms with Crippen LogP contribution in [0.25, 0.3) is 0 Å². The van der Waals surface area contributed by atoms with Gasteiger partial charge in [0.1, 0.15) is 0 Å². The van der Waals surface area contributed by atoms with Crippen molar-refractivity contribution in [2.45, 2.75) is 12.8 Å². The summed E-state index contributed by atoms with van der Waals surface area (Å²) in [6.45, 7) is 2.48. The van der Waals surface area contributed by atoms with E-state index in [0.717, 1.165) is 0 Å². The fourth-order valence-electron chi connectivity index (χ4n) is 1.44. The van der Waals surface area contributed by atoms with Gasteiger partial charge in [0.25, 0.3) is 0 Å². The first-order valence-electron chi connectivity index (χ1n) is 3.85. The molecule has 1 nitrogen and oxygen atoms in total. The van der Waals surface area contributed by atoms with Gasteiger partial charge in [-0.2, -0.15) is 0 Å². The number of hydrogen-bond acceptors (Lipinski definition) is 2. The molecular weight excluding hydrogens is 222 g/mol. The molecule has 3 heteroatoms. The molecule has 1 aliphatic rings. The Balaban J connectivity index is 2.15. The normalized spacial score (nSPS) is 17.7. The van der Waals surface area contributed by atoms with Crippen molar-refractivity contribution in [3.63, 3.8) is 0 Å². The molecule has 0 aromatic carbocycles. The molecule has 0 bridgehead atoms. The summed E-state index contributed by atoms with van der Waals surface area (Å²) in [5.74, 6) is 0. The van der Waals surface area contributed by atoms with E-state index in [0.29, 0.717) is 0 Å². The largest absolute Gasteiger partial charge is 0.371 e. The van der Waals surface area contributed by atoms with E-state index in [2.05, 4.69) is 32.3 Å². The second kappa shape index (κ2) is 3.15. The van der Waals surface area contributed by atoms with Crippen LogP contribution in [0.4, 0.5) is 5.69 Å². The zero-order valence-electron chi connectivity index (χ0n) is 6.22. The van der Waals surface area contributed by atoms with Crippen molar-refractivity contribution in [2.75, 3.05) is 18.0 Å². The highest BCUT2D eigenvalue weighted by molar-refractivity contribution is 9.11. The van der Waals surface area contributed by atoms with Crippen LogP contribution in [0.3, 0.4) is 0 Å². The molecule has 0 unspecified atom stereocenters. The van der Waals surface area contributed by atoms with Gasteiger partial charge in [-0.1, -0.05) is 0 Å². The van der Waals surface area contributed by atoms with Gasteiger partial charge < -0.3 is 4.90 Å². The van der Waals surface area contributed by atoms with Crippen molar-refractivity contribution in [1.29, 1.82) is 0 Å². The first kappa shape index (κ1) is 7.62. The van der Waals surface area contributed by atoms with Crippen LogP contribution >= 0.6 is 27.3 Å². The Morgan fingerprint density at radius 1 is 1.36 bits per heavy atom. The quantitative estimate of drug-likeness (QED) is 0.719. The fourth-order valence-corrected chi connectivity index (χ4v) is 2.60. The van der Waals surface area contributed by atoms with Gasteiger partial charge in [0, 0.05) is 24.2 Å². The highest BCUT2D eigenvalue weighted by atomic mass is 79.9. The van der Waals surface area contributed by atoms with Crippen LogP contribution in [0.2, 0.25) is 0 Å². The predicted molar refractivity (Wildman–Crippen MR) is 53.5 cm³/mol. The molecule has 1 aromatic heterocycles. The van der Waals surface area contributed by atoms with Gasteiger partial charge in [-0.25, -0.2) is 0 Å². The SMILES string of the molecule is Brc1cc(N2CCCC2)cs1. The van der Waals surface area contributed by atoms with Crippen LogP contribution in [0, 0.1) is 0 Å². The van der Waals surface area contributed by atoms with Crippen LogP contribution in [0.5, 0.6) is 0 Å². The predicted octanol–water partition coefficient (Wildman–Crippen LogP) is 3.11. The number of thiophene rings is 1. The monoisotopic (exact) mass is 231 g/mol. The number of halogens is 1. The smallest absolute Gasteiger partial charge is 0.0719 e. The molecule has 1 aromatic rings. The summed E-state index contributed by atoms with van der Waals surface area (Å²) in [4.78, 5) is 2.45. The van der Waals surface area contributed by atoms with Crippen molar-refractivity contribution >= 4 is 33.0 Å². The molecule has 0 radical (unpaired) electrons. The molecule has 1 aliphatic heterocycles. The number of anilines is 1. The number of nitrogens with zero attached hydrogens (tertiary/aromatic N) is 1. The van der Waals surface area contributed by atoms with Crippen LogP contribution in [0.15, 0.2) is 15.2 Å². The topological polar surface area (TPSA) is 3.24 Å². The molecular formula is C8H10BrNS. The molecule has 1 fully saturated rings. The van der Waals surface area contributed by atoms with Crippen molar-refractivity contribution in [3.05, 3.63) is 15.2 Å². The van der Waals surface area contributed by atoms with Crippen molar-refractivity contribution < 1.29 is 0 Å². The van der Waals surface area contributed by atoms with Gasteiger partial charge in [-0.05, 0) is 34.8 Å². The summed E-state index contributed by atoms with van der Waals surface area (Å²) in [5, 5.41) is 2.22. The van der Waals surface area contributed by atoms with Crippen LogP contribution in [-0.2, 0) is 0 Å². The van der Waals surface area contributed by atoms with E-state index < -0.39 is 0 Å². The van der Waals surface area contributed by atoms with E-state index in [1.807, 2.05) is 0 Å². The summed E-state index contributed by atoms with van der Waals surface area (Å²) >= 11 is 5.24. The summed E-state index contributed by atoms with van der Waals surface area (Å²) in [6, 6.07) is 2.20. The minimum absolute atomic E-state index is 1.24. The second-order valence-corrected chi connectivity index (χ2v) is 5.09. The van der Waals surface area contributed by atoms with Crippen LogP contribution in [0.1, 0.15) is 12.8 Å². The standard InChI is InChI=1S/C8H10BrNS/c9-8-5-7(6-11-8)10-3-1-2-4-10/h5-6H,1-4H2. The van der Waals surface area contributed by atoms with Gasteiger partial charge in [-0.3, -0.25) is 0 Å². The Kier molecular flexibility index (Phi) is 2.18. The molecule has 2 rings (SSSR count). The van der Waals surface area contributed by atoms with Crippen LogP contribution < -0.4 is 4.90 Å². The second-order valence-electron chi connectivity index (χ2n) is 2.80. The van der Waals surface area contributed by atoms with Gasteiger partial charge in [0.05, 0.1) is 3.79 Å².